The normalized spacial score (nSPS) is 16.4. The Hall–Kier alpha value is -1.92. The molecule has 0 aliphatic carbocycles. The molecule has 3 nitrogen and oxygen atoms in total. The molecule has 2 aromatic carbocycles. The van der Waals surface area contributed by atoms with Crippen LogP contribution < -0.4 is 0 Å². The number of imide groups is 1. The van der Waals surface area contributed by atoms with Crippen LogP contribution in [0.4, 0.5) is 9.18 Å². The van der Waals surface area contributed by atoms with Gasteiger partial charge in [0.1, 0.15) is 5.82 Å². The lowest BCUT2D eigenvalue weighted by atomic mass is 10.2. The van der Waals surface area contributed by atoms with E-state index in [9.17, 15) is 14.0 Å². The zero-order valence-corrected chi connectivity index (χ0v) is 14.2. The fourth-order valence-corrected chi connectivity index (χ4v) is 3.22. The second kappa shape index (κ2) is 6.68. The summed E-state index contributed by atoms with van der Waals surface area (Å²) in [6.07, 6.45) is 1.70. The Morgan fingerprint density at radius 2 is 1.70 bits per heavy atom. The van der Waals surface area contributed by atoms with Crippen LogP contribution >= 0.6 is 27.7 Å². The first-order valence-electron chi connectivity index (χ1n) is 6.78. The summed E-state index contributed by atoms with van der Waals surface area (Å²) in [4.78, 5) is 26.0. The minimum absolute atomic E-state index is 0.141. The third-order valence-electron chi connectivity index (χ3n) is 3.30. The maximum absolute atomic E-state index is 12.9. The van der Waals surface area contributed by atoms with E-state index in [1.54, 1.807) is 18.2 Å². The Morgan fingerprint density at radius 3 is 2.35 bits per heavy atom. The van der Waals surface area contributed by atoms with E-state index in [-0.39, 0.29) is 23.5 Å². The molecule has 0 N–H and O–H groups in total. The molecule has 0 unspecified atom stereocenters. The molecule has 2 amide bonds. The summed E-state index contributed by atoms with van der Waals surface area (Å²) in [5.41, 5.74) is 1.55. The van der Waals surface area contributed by atoms with Gasteiger partial charge in [-0.3, -0.25) is 14.5 Å². The molecule has 0 atom stereocenters. The first-order chi connectivity index (χ1) is 11.0. The lowest BCUT2D eigenvalue weighted by molar-refractivity contribution is -0.123. The van der Waals surface area contributed by atoms with Gasteiger partial charge in [0.05, 0.1) is 11.4 Å². The van der Waals surface area contributed by atoms with Gasteiger partial charge >= 0.3 is 0 Å². The van der Waals surface area contributed by atoms with Crippen molar-refractivity contribution in [3.8, 4) is 0 Å². The summed E-state index contributed by atoms with van der Waals surface area (Å²) < 4.78 is 13.9. The molecule has 1 aliphatic heterocycles. The summed E-state index contributed by atoms with van der Waals surface area (Å²) in [6.45, 7) is 0.141. The molecule has 1 saturated heterocycles. The smallest absolute Gasteiger partial charge is 0.268 e. The van der Waals surface area contributed by atoms with E-state index in [0.29, 0.717) is 10.5 Å². The molecule has 6 heteroatoms. The SMILES string of the molecule is O=C1S/C(=C\c2ccc(Br)cc2)C(=O)N1Cc1ccc(F)cc1. The van der Waals surface area contributed by atoms with Gasteiger partial charge in [0.25, 0.3) is 11.1 Å². The van der Waals surface area contributed by atoms with Gasteiger partial charge in [0.15, 0.2) is 0 Å². The van der Waals surface area contributed by atoms with Gasteiger partial charge in [-0.05, 0) is 53.2 Å². The molecule has 0 aromatic heterocycles. The van der Waals surface area contributed by atoms with Crippen molar-refractivity contribution < 1.29 is 14.0 Å². The number of thioether (sulfide) groups is 1. The zero-order chi connectivity index (χ0) is 16.4. The summed E-state index contributed by atoms with van der Waals surface area (Å²) in [5, 5.41) is -0.317. The molecule has 116 valence electrons. The van der Waals surface area contributed by atoms with Gasteiger partial charge in [-0.1, -0.05) is 40.2 Å². The van der Waals surface area contributed by atoms with Gasteiger partial charge in [-0.25, -0.2) is 4.39 Å². The molecule has 0 saturated carbocycles. The Morgan fingerprint density at radius 1 is 1.04 bits per heavy atom. The second-order valence-electron chi connectivity index (χ2n) is 4.95. The van der Waals surface area contributed by atoms with Crippen LogP contribution in [0.5, 0.6) is 0 Å². The molecule has 1 heterocycles. The fraction of sp³-hybridized carbons (Fsp3) is 0.0588. The third kappa shape index (κ3) is 3.71. The van der Waals surface area contributed by atoms with Crippen molar-refractivity contribution in [2.45, 2.75) is 6.54 Å². The second-order valence-corrected chi connectivity index (χ2v) is 6.85. The quantitative estimate of drug-likeness (QED) is 0.703. The van der Waals surface area contributed by atoms with Crippen LogP contribution in [0.15, 0.2) is 57.9 Å². The number of amides is 2. The third-order valence-corrected chi connectivity index (χ3v) is 4.73. The minimum atomic E-state index is -0.349. The molecule has 0 radical (unpaired) electrons. The minimum Gasteiger partial charge on any atom is -0.268 e. The zero-order valence-electron chi connectivity index (χ0n) is 11.8. The molecule has 23 heavy (non-hydrogen) atoms. The standard InChI is InChI=1S/C17H11BrFNO2S/c18-13-5-1-11(2-6-13)9-15-16(21)20(17(22)23-15)10-12-3-7-14(19)8-4-12/h1-9H,10H2/b15-9-. The number of halogens is 2. The van der Waals surface area contributed by atoms with Gasteiger partial charge in [-0.15, -0.1) is 0 Å². The Kier molecular flexibility index (Phi) is 4.63. The Balaban J connectivity index is 1.79. The van der Waals surface area contributed by atoms with E-state index >= 15 is 0 Å². The average molecular weight is 392 g/mol. The maximum Gasteiger partial charge on any atom is 0.293 e. The van der Waals surface area contributed by atoms with Crippen LogP contribution in [-0.2, 0) is 11.3 Å². The van der Waals surface area contributed by atoms with E-state index in [1.807, 2.05) is 24.3 Å². The van der Waals surface area contributed by atoms with Crippen LogP contribution in [0.25, 0.3) is 6.08 Å². The maximum atomic E-state index is 12.9. The van der Waals surface area contributed by atoms with E-state index in [0.717, 1.165) is 21.8 Å². The van der Waals surface area contributed by atoms with Crippen molar-refractivity contribution >= 4 is 44.9 Å². The van der Waals surface area contributed by atoms with Crippen molar-refractivity contribution in [3.63, 3.8) is 0 Å². The molecule has 0 bridgehead atoms. The van der Waals surface area contributed by atoms with Crippen LogP contribution in [-0.4, -0.2) is 16.0 Å². The topological polar surface area (TPSA) is 37.4 Å². The molecule has 3 rings (SSSR count). The van der Waals surface area contributed by atoms with Crippen LogP contribution in [0, 0.1) is 5.82 Å². The van der Waals surface area contributed by atoms with E-state index in [2.05, 4.69) is 15.9 Å². The number of benzene rings is 2. The van der Waals surface area contributed by atoms with Gasteiger partial charge in [-0.2, -0.15) is 0 Å². The highest BCUT2D eigenvalue weighted by molar-refractivity contribution is 9.10. The van der Waals surface area contributed by atoms with Gasteiger partial charge in [0, 0.05) is 4.47 Å². The largest absolute Gasteiger partial charge is 0.293 e. The molecular weight excluding hydrogens is 381 g/mol. The van der Waals surface area contributed by atoms with E-state index in [1.165, 1.54) is 17.0 Å². The van der Waals surface area contributed by atoms with Gasteiger partial charge in [0.2, 0.25) is 0 Å². The number of hydrogen-bond donors (Lipinski definition) is 0. The fourth-order valence-electron chi connectivity index (χ4n) is 2.12. The predicted octanol–water partition coefficient (Wildman–Crippen LogP) is 4.82. The molecule has 2 aromatic rings. The van der Waals surface area contributed by atoms with Crippen molar-refractivity contribution in [2.75, 3.05) is 0 Å². The van der Waals surface area contributed by atoms with E-state index in [4.69, 9.17) is 0 Å². The number of rotatable bonds is 3. The molecule has 1 fully saturated rings. The number of carbonyl (C=O) groups is 2. The lowest BCUT2D eigenvalue weighted by Crippen LogP contribution is -2.27. The highest BCUT2D eigenvalue weighted by Crippen LogP contribution is 2.33. The van der Waals surface area contributed by atoms with Crippen LogP contribution in [0.1, 0.15) is 11.1 Å². The van der Waals surface area contributed by atoms with Crippen molar-refractivity contribution in [2.24, 2.45) is 0 Å². The predicted molar refractivity (Wildman–Crippen MR) is 92.1 cm³/mol. The van der Waals surface area contributed by atoms with Gasteiger partial charge < -0.3 is 0 Å². The van der Waals surface area contributed by atoms with Crippen LogP contribution in [0.2, 0.25) is 0 Å². The first kappa shape index (κ1) is 16.0. The Bertz CT molecular complexity index is 787. The summed E-state index contributed by atoms with van der Waals surface area (Å²) in [5.74, 6) is -0.676. The summed E-state index contributed by atoms with van der Waals surface area (Å²) >= 11 is 4.27. The first-order valence-corrected chi connectivity index (χ1v) is 8.39. The number of carbonyl (C=O) groups excluding carboxylic acids is 2. The van der Waals surface area contributed by atoms with Crippen molar-refractivity contribution in [1.82, 2.24) is 4.90 Å². The highest BCUT2D eigenvalue weighted by Gasteiger charge is 2.34. The van der Waals surface area contributed by atoms with Crippen molar-refractivity contribution in [1.29, 1.82) is 0 Å². The summed E-state index contributed by atoms with van der Waals surface area (Å²) in [7, 11) is 0. The number of nitrogens with zero attached hydrogens (tertiary/aromatic N) is 1. The van der Waals surface area contributed by atoms with Crippen molar-refractivity contribution in [3.05, 3.63) is 74.9 Å². The lowest BCUT2D eigenvalue weighted by Gasteiger charge is -2.12. The monoisotopic (exact) mass is 391 g/mol. The molecule has 0 spiro atoms. The van der Waals surface area contributed by atoms with E-state index < -0.39 is 0 Å². The van der Waals surface area contributed by atoms with Crippen LogP contribution in [0.3, 0.4) is 0 Å². The molecular formula is C17H11BrFNO2S. The average Bonchev–Trinajstić information content (AvgIpc) is 2.79. The highest BCUT2D eigenvalue weighted by atomic mass is 79.9. The summed E-state index contributed by atoms with van der Waals surface area (Å²) in [6, 6.07) is 13.2. The Labute approximate surface area is 145 Å². The number of hydrogen-bond acceptors (Lipinski definition) is 3. The molecule has 1 aliphatic rings.